The Morgan fingerprint density at radius 3 is 2.65 bits per heavy atom. The average Bonchev–Trinajstić information content (AvgIpc) is 2.64. The van der Waals surface area contributed by atoms with Crippen LogP contribution in [0.15, 0.2) is 0 Å². The van der Waals surface area contributed by atoms with Crippen LogP contribution in [0.25, 0.3) is 0 Å². The fourth-order valence-electron chi connectivity index (χ4n) is 3.77. The van der Waals surface area contributed by atoms with Crippen LogP contribution in [0, 0.1) is 11.3 Å². The van der Waals surface area contributed by atoms with E-state index in [1.807, 2.05) is 0 Å². The van der Waals surface area contributed by atoms with Crippen LogP contribution in [0.4, 0.5) is 0 Å². The molecular formula is C16H31N3O. The maximum absolute atomic E-state index is 12.9. The minimum absolute atomic E-state index is 0.179. The second kappa shape index (κ2) is 6.90. The maximum Gasteiger partial charge on any atom is 0.226 e. The van der Waals surface area contributed by atoms with Crippen molar-refractivity contribution in [1.29, 1.82) is 0 Å². The number of amides is 1. The van der Waals surface area contributed by atoms with Gasteiger partial charge in [-0.3, -0.25) is 4.79 Å². The maximum atomic E-state index is 12.9. The molecule has 0 aromatic rings. The summed E-state index contributed by atoms with van der Waals surface area (Å²) in [5.74, 6) is 0.640. The van der Waals surface area contributed by atoms with Crippen molar-refractivity contribution in [1.82, 2.24) is 9.80 Å². The predicted molar refractivity (Wildman–Crippen MR) is 82.4 cm³/mol. The highest BCUT2D eigenvalue weighted by Crippen LogP contribution is 2.41. The molecule has 20 heavy (non-hydrogen) atoms. The second-order valence-corrected chi connectivity index (χ2v) is 7.10. The molecular weight excluding hydrogens is 250 g/mol. The van der Waals surface area contributed by atoms with Crippen LogP contribution in [-0.2, 0) is 4.79 Å². The van der Waals surface area contributed by atoms with E-state index in [0.29, 0.717) is 12.5 Å². The molecule has 2 N–H and O–H groups in total. The molecule has 1 aliphatic carbocycles. The Morgan fingerprint density at radius 1 is 1.15 bits per heavy atom. The summed E-state index contributed by atoms with van der Waals surface area (Å²) in [4.78, 5) is 17.4. The molecule has 1 atom stereocenters. The molecule has 2 fully saturated rings. The van der Waals surface area contributed by atoms with Gasteiger partial charge in [0.15, 0.2) is 0 Å². The molecule has 116 valence electrons. The Morgan fingerprint density at radius 2 is 1.95 bits per heavy atom. The van der Waals surface area contributed by atoms with E-state index in [-0.39, 0.29) is 11.3 Å². The first-order valence-corrected chi connectivity index (χ1v) is 8.26. The number of hydrogen-bond donors (Lipinski definition) is 1. The van der Waals surface area contributed by atoms with E-state index in [1.165, 1.54) is 19.3 Å². The smallest absolute Gasteiger partial charge is 0.226 e. The molecule has 2 rings (SSSR count). The van der Waals surface area contributed by atoms with Crippen LogP contribution in [0.3, 0.4) is 0 Å². The van der Waals surface area contributed by atoms with Crippen LogP contribution in [0.5, 0.6) is 0 Å². The third-order valence-electron chi connectivity index (χ3n) is 5.15. The van der Waals surface area contributed by atoms with E-state index in [2.05, 4.69) is 23.6 Å². The molecule has 0 bridgehead atoms. The van der Waals surface area contributed by atoms with Gasteiger partial charge in [0.2, 0.25) is 5.91 Å². The molecule has 4 nitrogen and oxygen atoms in total. The summed E-state index contributed by atoms with van der Waals surface area (Å²) < 4.78 is 0. The van der Waals surface area contributed by atoms with E-state index >= 15 is 0 Å². The fraction of sp³-hybridized carbons (Fsp3) is 0.938. The quantitative estimate of drug-likeness (QED) is 0.856. The summed E-state index contributed by atoms with van der Waals surface area (Å²) in [6.45, 7) is 10.1. The third-order valence-corrected chi connectivity index (χ3v) is 5.15. The first-order valence-electron chi connectivity index (χ1n) is 8.26. The zero-order chi connectivity index (χ0) is 14.6. The summed E-state index contributed by atoms with van der Waals surface area (Å²) in [6.07, 6.45) is 5.85. The van der Waals surface area contributed by atoms with Crippen molar-refractivity contribution in [2.45, 2.75) is 46.0 Å². The molecule has 1 unspecified atom stereocenters. The SMILES string of the molecule is CC1(C)CCCCC1C(=O)N1CCCN(CCN)CC1. The standard InChI is InChI=1S/C16H31N3O/c1-16(2)7-4-3-6-14(16)15(20)19-10-5-9-18(11-8-17)12-13-19/h14H,3-13,17H2,1-2H3. The third kappa shape index (κ3) is 3.73. The molecule has 0 aromatic heterocycles. The Hall–Kier alpha value is -0.610. The Bertz CT molecular complexity index is 330. The number of nitrogens with zero attached hydrogens (tertiary/aromatic N) is 2. The monoisotopic (exact) mass is 281 g/mol. The largest absolute Gasteiger partial charge is 0.341 e. The van der Waals surface area contributed by atoms with Crippen molar-refractivity contribution < 1.29 is 4.79 Å². The topological polar surface area (TPSA) is 49.6 Å². The van der Waals surface area contributed by atoms with E-state index in [4.69, 9.17) is 5.73 Å². The molecule has 2 aliphatic rings. The molecule has 1 aliphatic heterocycles. The van der Waals surface area contributed by atoms with Gasteiger partial charge >= 0.3 is 0 Å². The number of nitrogens with two attached hydrogens (primary N) is 1. The summed E-state index contributed by atoms with van der Waals surface area (Å²) in [5, 5.41) is 0. The van der Waals surface area contributed by atoms with Gasteiger partial charge in [-0.25, -0.2) is 0 Å². The van der Waals surface area contributed by atoms with Crippen molar-refractivity contribution in [2.75, 3.05) is 39.3 Å². The van der Waals surface area contributed by atoms with Crippen molar-refractivity contribution in [3.8, 4) is 0 Å². The van der Waals surface area contributed by atoms with Crippen LogP contribution < -0.4 is 5.73 Å². The molecule has 1 saturated heterocycles. The van der Waals surface area contributed by atoms with Gasteiger partial charge in [-0.1, -0.05) is 26.7 Å². The lowest BCUT2D eigenvalue weighted by atomic mass is 9.68. The van der Waals surface area contributed by atoms with Gasteiger partial charge in [-0.05, 0) is 31.2 Å². The zero-order valence-corrected chi connectivity index (χ0v) is 13.2. The van der Waals surface area contributed by atoms with Gasteiger partial charge in [0.05, 0.1) is 0 Å². The first kappa shape index (κ1) is 15.8. The highest BCUT2D eigenvalue weighted by atomic mass is 16.2. The van der Waals surface area contributed by atoms with E-state index in [1.54, 1.807) is 0 Å². The van der Waals surface area contributed by atoms with Gasteiger partial charge in [-0.15, -0.1) is 0 Å². The van der Waals surface area contributed by atoms with Gasteiger partial charge in [-0.2, -0.15) is 0 Å². The van der Waals surface area contributed by atoms with Crippen LogP contribution in [0.1, 0.15) is 46.0 Å². The van der Waals surface area contributed by atoms with Crippen molar-refractivity contribution >= 4 is 5.91 Å². The second-order valence-electron chi connectivity index (χ2n) is 7.10. The first-order chi connectivity index (χ1) is 9.54. The van der Waals surface area contributed by atoms with Crippen LogP contribution in [-0.4, -0.2) is 55.0 Å². The number of carbonyl (C=O) groups is 1. The lowest BCUT2D eigenvalue weighted by molar-refractivity contribution is -0.141. The molecule has 4 heteroatoms. The van der Waals surface area contributed by atoms with Gasteiger partial charge in [0, 0.05) is 38.6 Å². The number of hydrogen-bond acceptors (Lipinski definition) is 3. The Balaban J connectivity index is 1.95. The minimum Gasteiger partial charge on any atom is -0.341 e. The molecule has 1 saturated carbocycles. The molecule has 1 heterocycles. The summed E-state index contributed by atoms with van der Waals surface area (Å²) >= 11 is 0. The highest BCUT2D eigenvalue weighted by molar-refractivity contribution is 5.79. The van der Waals surface area contributed by atoms with Crippen molar-refractivity contribution in [3.05, 3.63) is 0 Å². The van der Waals surface area contributed by atoms with Crippen molar-refractivity contribution in [3.63, 3.8) is 0 Å². The number of carbonyl (C=O) groups excluding carboxylic acids is 1. The van der Waals surface area contributed by atoms with Gasteiger partial charge in [0.25, 0.3) is 0 Å². The van der Waals surface area contributed by atoms with Gasteiger partial charge < -0.3 is 15.5 Å². The Labute approximate surface area is 123 Å². The van der Waals surface area contributed by atoms with Crippen molar-refractivity contribution in [2.24, 2.45) is 17.1 Å². The molecule has 0 spiro atoms. The lowest BCUT2D eigenvalue weighted by Gasteiger charge is -2.40. The van der Waals surface area contributed by atoms with Crippen LogP contribution in [0.2, 0.25) is 0 Å². The average molecular weight is 281 g/mol. The van der Waals surface area contributed by atoms with E-state index in [0.717, 1.165) is 45.6 Å². The Kier molecular flexibility index (Phi) is 5.44. The normalized spacial score (nSPS) is 28.1. The lowest BCUT2D eigenvalue weighted by Crippen LogP contribution is -2.45. The fourth-order valence-corrected chi connectivity index (χ4v) is 3.77. The van der Waals surface area contributed by atoms with E-state index < -0.39 is 0 Å². The van der Waals surface area contributed by atoms with Crippen LogP contribution >= 0.6 is 0 Å². The highest BCUT2D eigenvalue weighted by Gasteiger charge is 2.39. The molecule has 0 radical (unpaired) electrons. The zero-order valence-electron chi connectivity index (χ0n) is 13.2. The summed E-state index contributed by atoms with van der Waals surface area (Å²) in [6, 6.07) is 0. The molecule has 1 amide bonds. The summed E-state index contributed by atoms with van der Waals surface area (Å²) in [5.41, 5.74) is 5.81. The number of rotatable bonds is 3. The summed E-state index contributed by atoms with van der Waals surface area (Å²) in [7, 11) is 0. The predicted octanol–water partition coefficient (Wildman–Crippen LogP) is 1.70. The molecule has 0 aromatic carbocycles. The minimum atomic E-state index is 0.179. The van der Waals surface area contributed by atoms with E-state index in [9.17, 15) is 4.79 Å². The van der Waals surface area contributed by atoms with Gasteiger partial charge in [0.1, 0.15) is 0 Å².